The van der Waals surface area contributed by atoms with Crippen LogP contribution >= 0.6 is 11.3 Å². The number of nitrogens with zero attached hydrogens (tertiary/aromatic N) is 2. The Morgan fingerprint density at radius 2 is 2.00 bits per heavy atom. The second-order valence-electron chi connectivity index (χ2n) is 5.88. The van der Waals surface area contributed by atoms with Crippen LogP contribution in [-0.4, -0.2) is 24.1 Å². The maximum Gasteiger partial charge on any atom is 0.185 e. The highest BCUT2D eigenvalue weighted by atomic mass is 32.1. The fraction of sp³-hybridized carbons (Fsp3) is 0.812. The van der Waals surface area contributed by atoms with Gasteiger partial charge in [0.05, 0.1) is 5.69 Å². The quantitative estimate of drug-likeness (QED) is 0.747. The van der Waals surface area contributed by atoms with E-state index in [2.05, 4.69) is 37.9 Å². The van der Waals surface area contributed by atoms with Gasteiger partial charge in [0.2, 0.25) is 0 Å². The van der Waals surface area contributed by atoms with Crippen LogP contribution in [0.4, 0.5) is 5.13 Å². The van der Waals surface area contributed by atoms with Crippen molar-refractivity contribution in [3.8, 4) is 0 Å². The average molecular weight is 295 g/mol. The molecule has 1 aromatic rings. The van der Waals surface area contributed by atoms with Gasteiger partial charge in [-0.1, -0.05) is 26.7 Å². The zero-order chi connectivity index (χ0) is 14.5. The fourth-order valence-corrected chi connectivity index (χ4v) is 3.52. The van der Waals surface area contributed by atoms with Crippen LogP contribution in [0.5, 0.6) is 0 Å². The van der Waals surface area contributed by atoms with Crippen molar-refractivity contribution in [2.45, 2.75) is 66.0 Å². The molecule has 3 nitrogen and oxygen atoms in total. The molecule has 1 N–H and O–H groups in total. The number of aryl methyl sites for hydroxylation is 1. The number of thiazole rings is 1. The van der Waals surface area contributed by atoms with E-state index >= 15 is 0 Å². The monoisotopic (exact) mass is 295 g/mol. The SMILES string of the molecule is CCC(CC)CN(CC)c1nc(C)c(CNC2CC2)s1. The van der Waals surface area contributed by atoms with Crippen LogP contribution in [-0.2, 0) is 6.54 Å². The lowest BCUT2D eigenvalue weighted by molar-refractivity contribution is 0.486. The van der Waals surface area contributed by atoms with Crippen LogP contribution in [0.15, 0.2) is 0 Å². The maximum absolute atomic E-state index is 4.81. The van der Waals surface area contributed by atoms with Gasteiger partial charge in [-0.05, 0) is 32.6 Å². The van der Waals surface area contributed by atoms with Gasteiger partial charge >= 0.3 is 0 Å². The predicted molar refractivity (Wildman–Crippen MR) is 88.7 cm³/mol. The van der Waals surface area contributed by atoms with Crippen LogP contribution in [0.25, 0.3) is 0 Å². The topological polar surface area (TPSA) is 28.2 Å². The number of hydrogen-bond acceptors (Lipinski definition) is 4. The van der Waals surface area contributed by atoms with E-state index < -0.39 is 0 Å². The molecule has 0 aromatic carbocycles. The summed E-state index contributed by atoms with van der Waals surface area (Å²) < 4.78 is 0. The molecule has 1 aliphatic rings. The number of aromatic nitrogens is 1. The van der Waals surface area contributed by atoms with Crippen LogP contribution < -0.4 is 10.2 Å². The van der Waals surface area contributed by atoms with E-state index in [0.717, 1.165) is 31.6 Å². The Morgan fingerprint density at radius 3 is 2.55 bits per heavy atom. The van der Waals surface area contributed by atoms with Crippen LogP contribution in [0, 0.1) is 12.8 Å². The molecule has 0 amide bonds. The summed E-state index contributed by atoms with van der Waals surface area (Å²) in [6.45, 7) is 12.2. The fourth-order valence-electron chi connectivity index (χ4n) is 2.44. The van der Waals surface area contributed by atoms with Gasteiger partial charge in [-0.25, -0.2) is 4.98 Å². The second-order valence-corrected chi connectivity index (χ2v) is 6.94. The first-order chi connectivity index (χ1) is 9.67. The third-order valence-corrected chi connectivity index (χ3v) is 5.51. The van der Waals surface area contributed by atoms with Crippen molar-refractivity contribution in [3.05, 3.63) is 10.6 Å². The summed E-state index contributed by atoms with van der Waals surface area (Å²) in [7, 11) is 0. The van der Waals surface area contributed by atoms with Crippen LogP contribution in [0.3, 0.4) is 0 Å². The van der Waals surface area contributed by atoms with Crippen molar-refractivity contribution in [2.24, 2.45) is 5.92 Å². The van der Waals surface area contributed by atoms with Gasteiger partial charge in [-0.2, -0.15) is 0 Å². The minimum atomic E-state index is 0.770. The number of rotatable bonds is 9. The Kier molecular flexibility index (Phi) is 5.85. The molecule has 0 spiro atoms. The number of nitrogens with one attached hydrogen (secondary N) is 1. The van der Waals surface area contributed by atoms with Gasteiger partial charge in [0.25, 0.3) is 0 Å². The minimum absolute atomic E-state index is 0.770. The predicted octanol–water partition coefficient (Wildman–Crippen LogP) is 3.97. The summed E-state index contributed by atoms with van der Waals surface area (Å²) >= 11 is 1.88. The summed E-state index contributed by atoms with van der Waals surface area (Å²) in [6, 6.07) is 0.770. The minimum Gasteiger partial charge on any atom is -0.348 e. The van der Waals surface area contributed by atoms with Gasteiger partial charge in [0.15, 0.2) is 5.13 Å². The maximum atomic E-state index is 4.81. The molecule has 0 atom stereocenters. The van der Waals surface area contributed by atoms with Gasteiger partial charge in [-0.3, -0.25) is 0 Å². The largest absolute Gasteiger partial charge is 0.348 e. The van der Waals surface area contributed by atoms with Gasteiger partial charge in [0, 0.05) is 30.6 Å². The Balaban J connectivity index is 1.99. The molecule has 0 unspecified atom stereocenters. The van der Waals surface area contributed by atoms with E-state index in [9.17, 15) is 0 Å². The van der Waals surface area contributed by atoms with Gasteiger partial charge in [-0.15, -0.1) is 11.3 Å². The first-order valence-electron chi connectivity index (χ1n) is 8.12. The lowest BCUT2D eigenvalue weighted by Crippen LogP contribution is -2.28. The third-order valence-electron chi connectivity index (χ3n) is 4.30. The molecule has 0 saturated heterocycles. The molecule has 2 rings (SSSR count). The lowest BCUT2D eigenvalue weighted by Gasteiger charge is -2.24. The molecule has 4 heteroatoms. The Labute approximate surface area is 127 Å². The van der Waals surface area contributed by atoms with E-state index in [4.69, 9.17) is 4.98 Å². The Hall–Kier alpha value is -0.610. The molecule has 1 heterocycles. The smallest absolute Gasteiger partial charge is 0.185 e. The zero-order valence-corrected chi connectivity index (χ0v) is 14.2. The van der Waals surface area contributed by atoms with Gasteiger partial charge < -0.3 is 10.2 Å². The van der Waals surface area contributed by atoms with Gasteiger partial charge in [0.1, 0.15) is 0 Å². The molecule has 1 saturated carbocycles. The van der Waals surface area contributed by atoms with Crippen molar-refractivity contribution in [1.82, 2.24) is 10.3 Å². The van der Waals surface area contributed by atoms with Crippen molar-refractivity contribution < 1.29 is 0 Å². The van der Waals surface area contributed by atoms with Crippen molar-refractivity contribution in [3.63, 3.8) is 0 Å². The van der Waals surface area contributed by atoms with Crippen molar-refractivity contribution >= 4 is 16.5 Å². The summed E-state index contributed by atoms with van der Waals surface area (Å²) in [6.07, 6.45) is 5.21. The normalized spacial score (nSPS) is 15.1. The highest BCUT2D eigenvalue weighted by Crippen LogP contribution is 2.28. The van der Waals surface area contributed by atoms with Crippen molar-refractivity contribution in [2.75, 3.05) is 18.0 Å². The Bertz CT molecular complexity index is 408. The highest BCUT2D eigenvalue weighted by molar-refractivity contribution is 7.15. The Morgan fingerprint density at radius 1 is 1.30 bits per heavy atom. The molecule has 0 bridgehead atoms. The number of anilines is 1. The van der Waals surface area contributed by atoms with Crippen LogP contribution in [0.1, 0.15) is 57.0 Å². The molecule has 1 aliphatic carbocycles. The van der Waals surface area contributed by atoms with Crippen LogP contribution in [0.2, 0.25) is 0 Å². The van der Waals surface area contributed by atoms with E-state index in [1.807, 2.05) is 11.3 Å². The second kappa shape index (κ2) is 7.41. The molecule has 1 fully saturated rings. The summed E-state index contributed by atoms with van der Waals surface area (Å²) in [5.41, 5.74) is 1.21. The molecular formula is C16H29N3S. The van der Waals surface area contributed by atoms with E-state index in [1.165, 1.54) is 41.4 Å². The molecule has 1 aromatic heterocycles. The zero-order valence-electron chi connectivity index (χ0n) is 13.4. The van der Waals surface area contributed by atoms with Crippen molar-refractivity contribution in [1.29, 1.82) is 0 Å². The summed E-state index contributed by atoms with van der Waals surface area (Å²) in [5, 5.41) is 4.81. The van der Waals surface area contributed by atoms with E-state index in [-0.39, 0.29) is 0 Å². The lowest BCUT2D eigenvalue weighted by atomic mass is 10.0. The molecule has 0 aliphatic heterocycles. The molecule has 114 valence electrons. The molecular weight excluding hydrogens is 266 g/mol. The highest BCUT2D eigenvalue weighted by Gasteiger charge is 2.22. The van der Waals surface area contributed by atoms with E-state index in [1.54, 1.807) is 0 Å². The standard InChI is InChI=1S/C16H29N3S/c1-5-13(6-2)11-19(7-3)16-18-12(4)15(20-16)10-17-14-8-9-14/h13-14,17H,5-11H2,1-4H3. The number of hydrogen-bond donors (Lipinski definition) is 1. The third kappa shape index (κ3) is 4.19. The first-order valence-corrected chi connectivity index (χ1v) is 8.94. The molecule has 0 radical (unpaired) electrons. The first kappa shape index (κ1) is 15.8. The summed E-state index contributed by atoms with van der Waals surface area (Å²) in [4.78, 5) is 8.67. The summed E-state index contributed by atoms with van der Waals surface area (Å²) in [5.74, 6) is 0.784. The van der Waals surface area contributed by atoms with E-state index in [0.29, 0.717) is 0 Å². The molecule has 20 heavy (non-hydrogen) atoms. The average Bonchev–Trinajstić information content (AvgIpc) is 3.21.